The summed E-state index contributed by atoms with van der Waals surface area (Å²) in [5.74, 6) is -0.377. The number of carbonyl (C=O) groups is 2. The molecule has 0 aromatic heterocycles. The van der Waals surface area contributed by atoms with Crippen LogP contribution >= 0.6 is 11.6 Å². The SMILES string of the molecule is CC(=O)N(CCC(=O)Nc1cccc(C#N)c1)c1ccc(Cl)cc1C. The predicted molar refractivity (Wildman–Crippen MR) is 98.6 cm³/mol. The first-order chi connectivity index (χ1) is 11.9. The smallest absolute Gasteiger partial charge is 0.226 e. The third-order valence-corrected chi connectivity index (χ3v) is 3.90. The summed E-state index contributed by atoms with van der Waals surface area (Å²) in [6.45, 7) is 3.58. The molecule has 2 aromatic carbocycles. The van der Waals surface area contributed by atoms with Crippen LogP contribution in [0.3, 0.4) is 0 Å². The van der Waals surface area contributed by atoms with Crippen molar-refractivity contribution in [3.05, 3.63) is 58.6 Å². The number of hydrogen-bond acceptors (Lipinski definition) is 3. The first kappa shape index (κ1) is 18.5. The average molecular weight is 356 g/mol. The van der Waals surface area contributed by atoms with Gasteiger partial charge in [0.25, 0.3) is 0 Å². The molecule has 0 atom stereocenters. The van der Waals surface area contributed by atoms with Gasteiger partial charge in [-0.1, -0.05) is 17.7 Å². The number of aryl methyl sites for hydroxylation is 1. The van der Waals surface area contributed by atoms with Crippen molar-refractivity contribution < 1.29 is 9.59 Å². The van der Waals surface area contributed by atoms with Crippen LogP contribution in [0.5, 0.6) is 0 Å². The highest BCUT2D eigenvalue weighted by Gasteiger charge is 2.15. The van der Waals surface area contributed by atoms with E-state index >= 15 is 0 Å². The number of rotatable bonds is 5. The van der Waals surface area contributed by atoms with Crippen LogP contribution in [0.1, 0.15) is 24.5 Å². The number of carbonyl (C=O) groups excluding carboxylic acids is 2. The van der Waals surface area contributed by atoms with E-state index in [2.05, 4.69) is 5.32 Å². The Morgan fingerprint density at radius 2 is 2.00 bits per heavy atom. The van der Waals surface area contributed by atoms with Gasteiger partial charge in [-0.25, -0.2) is 0 Å². The highest BCUT2D eigenvalue weighted by molar-refractivity contribution is 6.30. The van der Waals surface area contributed by atoms with E-state index in [4.69, 9.17) is 16.9 Å². The fourth-order valence-electron chi connectivity index (χ4n) is 2.47. The molecule has 0 heterocycles. The molecule has 128 valence electrons. The van der Waals surface area contributed by atoms with Crippen LogP contribution in [-0.2, 0) is 9.59 Å². The number of halogens is 1. The van der Waals surface area contributed by atoms with Crippen molar-refractivity contribution in [2.75, 3.05) is 16.8 Å². The molecule has 6 heteroatoms. The molecule has 0 unspecified atom stereocenters. The number of nitrogens with zero attached hydrogens (tertiary/aromatic N) is 2. The largest absolute Gasteiger partial charge is 0.326 e. The highest BCUT2D eigenvalue weighted by Crippen LogP contribution is 2.24. The Bertz CT molecular complexity index is 843. The molecular weight excluding hydrogens is 338 g/mol. The molecule has 0 saturated carbocycles. The van der Waals surface area contributed by atoms with Gasteiger partial charge < -0.3 is 10.2 Å². The van der Waals surface area contributed by atoms with E-state index in [-0.39, 0.29) is 24.8 Å². The van der Waals surface area contributed by atoms with Gasteiger partial charge in [-0.15, -0.1) is 0 Å². The second-order valence-electron chi connectivity index (χ2n) is 5.59. The van der Waals surface area contributed by atoms with Gasteiger partial charge in [-0.3, -0.25) is 9.59 Å². The summed E-state index contributed by atoms with van der Waals surface area (Å²) in [5.41, 5.74) is 2.63. The van der Waals surface area contributed by atoms with E-state index in [1.165, 1.54) is 6.92 Å². The van der Waals surface area contributed by atoms with Gasteiger partial charge in [0.05, 0.1) is 11.6 Å². The van der Waals surface area contributed by atoms with Crippen molar-refractivity contribution in [1.29, 1.82) is 5.26 Å². The molecule has 25 heavy (non-hydrogen) atoms. The van der Waals surface area contributed by atoms with E-state index < -0.39 is 0 Å². The summed E-state index contributed by atoms with van der Waals surface area (Å²) >= 11 is 5.95. The van der Waals surface area contributed by atoms with Gasteiger partial charge in [0.15, 0.2) is 0 Å². The van der Waals surface area contributed by atoms with Gasteiger partial charge in [0.2, 0.25) is 11.8 Å². The average Bonchev–Trinajstić information content (AvgIpc) is 2.56. The Morgan fingerprint density at radius 1 is 1.24 bits per heavy atom. The van der Waals surface area contributed by atoms with Crippen LogP contribution < -0.4 is 10.2 Å². The highest BCUT2D eigenvalue weighted by atomic mass is 35.5. The van der Waals surface area contributed by atoms with E-state index in [0.717, 1.165) is 11.3 Å². The first-order valence-corrected chi connectivity index (χ1v) is 8.13. The van der Waals surface area contributed by atoms with Crippen molar-refractivity contribution in [3.63, 3.8) is 0 Å². The molecule has 0 aliphatic heterocycles. The van der Waals surface area contributed by atoms with Crippen LogP contribution in [0, 0.1) is 18.3 Å². The van der Waals surface area contributed by atoms with Crippen molar-refractivity contribution >= 4 is 34.8 Å². The van der Waals surface area contributed by atoms with Gasteiger partial charge in [0, 0.05) is 36.3 Å². The van der Waals surface area contributed by atoms with Gasteiger partial charge in [-0.05, 0) is 48.9 Å². The summed E-state index contributed by atoms with van der Waals surface area (Å²) in [5, 5.41) is 12.2. The van der Waals surface area contributed by atoms with Crippen LogP contribution in [-0.4, -0.2) is 18.4 Å². The molecule has 1 N–H and O–H groups in total. The lowest BCUT2D eigenvalue weighted by Crippen LogP contribution is -2.32. The maximum absolute atomic E-state index is 12.2. The summed E-state index contributed by atoms with van der Waals surface area (Å²) in [4.78, 5) is 25.7. The van der Waals surface area contributed by atoms with Gasteiger partial charge in [0.1, 0.15) is 0 Å². The molecule has 0 saturated heterocycles. The maximum Gasteiger partial charge on any atom is 0.226 e. The zero-order chi connectivity index (χ0) is 18.4. The fraction of sp³-hybridized carbons (Fsp3) is 0.211. The molecule has 2 amide bonds. The molecule has 0 radical (unpaired) electrons. The van der Waals surface area contributed by atoms with Crippen LogP contribution in [0.4, 0.5) is 11.4 Å². The molecule has 0 spiro atoms. The fourth-order valence-corrected chi connectivity index (χ4v) is 2.70. The molecular formula is C19H18ClN3O2. The molecule has 0 aliphatic rings. The quantitative estimate of drug-likeness (QED) is 0.883. The second kappa shape index (κ2) is 8.32. The lowest BCUT2D eigenvalue weighted by Gasteiger charge is -2.23. The second-order valence-corrected chi connectivity index (χ2v) is 6.03. The zero-order valence-corrected chi connectivity index (χ0v) is 14.8. The van der Waals surface area contributed by atoms with Crippen molar-refractivity contribution in [1.82, 2.24) is 0 Å². The number of anilines is 2. The molecule has 2 rings (SSSR count). The first-order valence-electron chi connectivity index (χ1n) is 7.75. The Balaban J connectivity index is 2.04. The lowest BCUT2D eigenvalue weighted by molar-refractivity contribution is -0.117. The maximum atomic E-state index is 12.2. The Labute approximate surface area is 151 Å². The lowest BCUT2D eigenvalue weighted by atomic mass is 10.1. The third kappa shape index (κ3) is 5.07. The van der Waals surface area contributed by atoms with Crippen molar-refractivity contribution in [2.24, 2.45) is 0 Å². The normalized spacial score (nSPS) is 10.0. The minimum atomic E-state index is -0.229. The molecule has 0 bridgehead atoms. The molecule has 5 nitrogen and oxygen atoms in total. The minimum absolute atomic E-state index is 0.137. The number of hydrogen-bond donors (Lipinski definition) is 1. The number of benzene rings is 2. The van der Waals surface area contributed by atoms with Gasteiger partial charge in [-0.2, -0.15) is 5.26 Å². The predicted octanol–water partition coefficient (Wildman–Crippen LogP) is 3.90. The zero-order valence-electron chi connectivity index (χ0n) is 14.0. The summed E-state index contributed by atoms with van der Waals surface area (Å²) in [6.07, 6.45) is 0.137. The summed E-state index contributed by atoms with van der Waals surface area (Å²) < 4.78 is 0. The van der Waals surface area contributed by atoms with Crippen LogP contribution in [0.25, 0.3) is 0 Å². The van der Waals surface area contributed by atoms with Crippen LogP contribution in [0.15, 0.2) is 42.5 Å². The monoisotopic (exact) mass is 355 g/mol. The number of nitrogens with one attached hydrogen (secondary N) is 1. The van der Waals surface area contributed by atoms with Gasteiger partial charge >= 0.3 is 0 Å². The van der Waals surface area contributed by atoms with Crippen LogP contribution in [0.2, 0.25) is 5.02 Å². The van der Waals surface area contributed by atoms with E-state index in [1.54, 1.807) is 47.4 Å². The number of amides is 2. The minimum Gasteiger partial charge on any atom is -0.326 e. The molecule has 0 aliphatic carbocycles. The van der Waals surface area contributed by atoms with Crippen molar-refractivity contribution in [2.45, 2.75) is 20.3 Å². The Morgan fingerprint density at radius 3 is 2.64 bits per heavy atom. The molecule has 0 fully saturated rings. The Kier molecular flexibility index (Phi) is 6.15. The molecule has 2 aromatic rings. The standard InChI is InChI=1S/C19H18ClN3O2/c1-13-10-16(20)6-7-18(13)23(14(2)24)9-8-19(25)22-17-5-3-4-15(11-17)12-21/h3-7,10-11H,8-9H2,1-2H3,(H,22,25). The Hall–Kier alpha value is -2.84. The number of nitriles is 1. The van der Waals surface area contributed by atoms with Crippen molar-refractivity contribution in [3.8, 4) is 6.07 Å². The van der Waals surface area contributed by atoms with E-state index in [1.807, 2.05) is 13.0 Å². The topological polar surface area (TPSA) is 73.2 Å². The summed E-state index contributed by atoms with van der Waals surface area (Å²) in [6, 6.07) is 14.0. The van der Waals surface area contributed by atoms with E-state index in [9.17, 15) is 9.59 Å². The van der Waals surface area contributed by atoms with E-state index in [0.29, 0.717) is 16.3 Å². The third-order valence-electron chi connectivity index (χ3n) is 3.67. The summed E-state index contributed by atoms with van der Waals surface area (Å²) in [7, 11) is 0.